The average Bonchev–Trinajstić information content (AvgIpc) is 2.75. The van der Waals surface area contributed by atoms with Gasteiger partial charge in [0, 0.05) is 0 Å². The SMILES string of the molecule is O=C(OC(COCc1ccccc1)COCc1ccccc1)c1cnc(Cl)cn1. The molecule has 0 aliphatic heterocycles. The molecule has 1 heterocycles. The summed E-state index contributed by atoms with van der Waals surface area (Å²) in [6.45, 7) is 1.20. The maximum Gasteiger partial charge on any atom is 0.358 e. The molecule has 0 unspecified atom stereocenters. The Morgan fingerprint density at radius 2 is 1.38 bits per heavy atom. The summed E-state index contributed by atoms with van der Waals surface area (Å²) in [5, 5.41) is 0.204. The van der Waals surface area contributed by atoms with E-state index in [9.17, 15) is 4.79 Å². The standard InChI is InChI=1S/C22H21ClN2O4/c23-21-12-24-20(11-25-21)22(26)29-19(15-27-13-17-7-3-1-4-8-17)16-28-14-18-9-5-2-6-10-18/h1-12,19H,13-16H2. The molecule has 0 N–H and O–H groups in total. The molecule has 0 saturated heterocycles. The van der Waals surface area contributed by atoms with Crippen molar-refractivity contribution < 1.29 is 19.0 Å². The van der Waals surface area contributed by atoms with E-state index in [0.29, 0.717) is 13.2 Å². The predicted octanol–water partition coefficient (Wildman–Crippen LogP) is 4.09. The van der Waals surface area contributed by atoms with Gasteiger partial charge in [0.05, 0.1) is 38.8 Å². The van der Waals surface area contributed by atoms with Crippen LogP contribution in [-0.4, -0.2) is 35.3 Å². The summed E-state index contributed by atoms with van der Waals surface area (Å²) in [4.78, 5) is 20.1. The minimum absolute atomic E-state index is 0.0746. The van der Waals surface area contributed by atoms with E-state index in [1.54, 1.807) is 0 Å². The van der Waals surface area contributed by atoms with E-state index in [1.807, 2.05) is 60.7 Å². The van der Waals surface area contributed by atoms with Crippen molar-refractivity contribution in [3.05, 3.63) is 95.0 Å². The third-order valence-electron chi connectivity index (χ3n) is 3.93. The highest BCUT2D eigenvalue weighted by atomic mass is 35.5. The van der Waals surface area contributed by atoms with E-state index in [0.717, 1.165) is 11.1 Å². The average molecular weight is 413 g/mol. The molecule has 150 valence electrons. The van der Waals surface area contributed by atoms with E-state index in [4.69, 9.17) is 25.8 Å². The molecule has 0 amide bonds. The van der Waals surface area contributed by atoms with Crippen molar-refractivity contribution in [2.24, 2.45) is 0 Å². The second kappa shape index (κ2) is 11.3. The minimum Gasteiger partial charge on any atom is -0.453 e. The molecule has 0 aliphatic rings. The van der Waals surface area contributed by atoms with Gasteiger partial charge in [-0.3, -0.25) is 0 Å². The normalized spacial score (nSPS) is 10.8. The van der Waals surface area contributed by atoms with Crippen LogP contribution in [0.25, 0.3) is 0 Å². The molecule has 1 aromatic heterocycles. The third kappa shape index (κ3) is 7.27. The van der Waals surface area contributed by atoms with E-state index >= 15 is 0 Å². The number of hydrogen-bond donors (Lipinski definition) is 0. The zero-order valence-corrected chi connectivity index (χ0v) is 16.5. The molecule has 0 aliphatic carbocycles. The Labute approximate surface area is 174 Å². The van der Waals surface area contributed by atoms with Gasteiger partial charge in [-0.2, -0.15) is 0 Å². The number of hydrogen-bond acceptors (Lipinski definition) is 6. The Balaban J connectivity index is 1.55. The zero-order chi connectivity index (χ0) is 20.3. The van der Waals surface area contributed by atoms with Gasteiger partial charge >= 0.3 is 5.97 Å². The number of aromatic nitrogens is 2. The van der Waals surface area contributed by atoms with Gasteiger partial charge in [-0.25, -0.2) is 14.8 Å². The van der Waals surface area contributed by atoms with Crippen LogP contribution in [0.1, 0.15) is 21.6 Å². The Bertz CT molecular complexity index is 831. The summed E-state index contributed by atoms with van der Waals surface area (Å²) >= 11 is 5.71. The second-order valence-corrected chi connectivity index (χ2v) is 6.64. The summed E-state index contributed by atoms with van der Waals surface area (Å²) in [5.74, 6) is -0.606. The molecule has 0 fully saturated rings. The lowest BCUT2D eigenvalue weighted by Gasteiger charge is -2.18. The fraction of sp³-hybridized carbons (Fsp3) is 0.227. The monoisotopic (exact) mass is 412 g/mol. The van der Waals surface area contributed by atoms with E-state index in [-0.39, 0.29) is 24.1 Å². The van der Waals surface area contributed by atoms with Gasteiger partial charge in [0.1, 0.15) is 11.3 Å². The van der Waals surface area contributed by atoms with Crippen LogP contribution in [0.2, 0.25) is 5.15 Å². The van der Waals surface area contributed by atoms with Gasteiger partial charge in [-0.1, -0.05) is 72.3 Å². The summed E-state index contributed by atoms with van der Waals surface area (Å²) in [6, 6.07) is 19.5. The first-order valence-corrected chi connectivity index (χ1v) is 9.50. The maximum absolute atomic E-state index is 12.4. The summed E-state index contributed by atoms with van der Waals surface area (Å²) < 4.78 is 17.0. The Hall–Kier alpha value is -2.80. The van der Waals surface area contributed by atoms with Crippen LogP contribution in [0.5, 0.6) is 0 Å². The molecule has 0 atom stereocenters. The van der Waals surface area contributed by atoms with Gasteiger partial charge in [0.25, 0.3) is 0 Å². The van der Waals surface area contributed by atoms with Crippen LogP contribution in [0.15, 0.2) is 73.1 Å². The molecule has 0 spiro atoms. The lowest BCUT2D eigenvalue weighted by molar-refractivity contribution is -0.0465. The summed E-state index contributed by atoms with van der Waals surface area (Å²) in [7, 11) is 0. The molecule has 0 bridgehead atoms. The first kappa shape index (κ1) is 20.9. The van der Waals surface area contributed by atoms with Crippen LogP contribution in [-0.2, 0) is 27.4 Å². The molecular weight excluding hydrogens is 392 g/mol. The molecule has 0 radical (unpaired) electrons. The molecular formula is C22H21ClN2O4. The lowest BCUT2D eigenvalue weighted by Crippen LogP contribution is -2.29. The number of carbonyl (C=O) groups excluding carboxylic acids is 1. The minimum atomic E-state index is -0.606. The first-order chi connectivity index (χ1) is 14.2. The highest BCUT2D eigenvalue weighted by Gasteiger charge is 2.18. The van der Waals surface area contributed by atoms with Crippen molar-refractivity contribution in [2.75, 3.05) is 13.2 Å². The number of carbonyl (C=O) groups is 1. The van der Waals surface area contributed by atoms with Crippen molar-refractivity contribution >= 4 is 17.6 Å². The van der Waals surface area contributed by atoms with Crippen LogP contribution in [0.3, 0.4) is 0 Å². The zero-order valence-electron chi connectivity index (χ0n) is 15.7. The molecule has 29 heavy (non-hydrogen) atoms. The summed E-state index contributed by atoms with van der Waals surface area (Å²) in [5.41, 5.74) is 2.14. The number of benzene rings is 2. The highest BCUT2D eigenvalue weighted by Crippen LogP contribution is 2.08. The quantitative estimate of drug-likeness (QED) is 0.467. The van der Waals surface area contributed by atoms with Crippen molar-refractivity contribution in [1.82, 2.24) is 9.97 Å². The molecule has 3 rings (SSSR count). The Morgan fingerprint density at radius 1 is 0.828 bits per heavy atom. The predicted molar refractivity (Wildman–Crippen MR) is 108 cm³/mol. The van der Waals surface area contributed by atoms with Gasteiger partial charge < -0.3 is 14.2 Å². The van der Waals surface area contributed by atoms with Gasteiger partial charge in [-0.15, -0.1) is 0 Å². The van der Waals surface area contributed by atoms with E-state index in [2.05, 4.69) is 9.97 Å². The molecule has 3 aromatic rings. The first-order valence-electron chi connectivity index (χ1n) is 9.12. The van der Waals surface area contributed by atoms with E-state index in [1.165, 1.54) is 12.4 Å². The molecule has 2 aromatic carbocycles. The number of esters is 1. The van der Waals surface area contributed by atoms with Gasteiger partial charge in [-0.05, 0) is 11.1 Å². The van der Waals surface area contributed by atoms with Gasteiger partial charge in [0.15, 0.2) is 5.69 Å². The van der Waals surface area contributed by atoms with Crippen molar-refractivity contribution in [1.29, 1.82) is 0 Å². The number of nitrogens with zero attached hydrogens (tertiary/aromatic N) is 2. The largest absolute Gasteiger partial charge is 0.453 e. The third-order valence-corrected chi connectivity index (χ3v) is 4.13. The number of ether oxygens (including phenoxy) is 3. The molecule has 6 nitrogen and oxygen atoms in total. The van der Waals surface area contributed by atoms with Crippen LogP contribution >= 0.6 is 11.6 Å². The van der Waals surface area contributed by atoms with Crippen molar-refractivity contribution in [3.8, 4) is 0 Å². The highest BCUT2D eigenvalue weighted by molar-refractivity contribution is 6.29. The second-order valence-electron chi connectivity index (χ2n) is 6.25. The van der Waals surface area contributed by atoms with Crippen LogP contribution in [0.4, 0.5) is 0 Å². The summed E-state index contributed by atoms with van der Waals surface area (Å²) in [6.07, 6.45) is 1.98. The topological polar surface area (TPSA) is 70.5 Å². The Morgan fingerprint density at radius 3 is 1.86 bits per heavy atom. The number of rotatable bonds is 10. The molecule has 7 heteroatoms. The van der Waals surface area contributed by atoms with E-state index < -0.39 is 12.1 Å². The smallest absolute Gasteiger partial charge is 0.358 e. The molecule has 0 saturated carbocycles. The van der Waals surface area contributed by atoms with Crippen LogP contribution < -0.4 is 0 Å². The van der Waals surface area contributed by atoms with Crippen LogP contribution in [0, 0.1) is 0 Å². The lowest BCUT2D eigenvalue weighted by atomic mass is 10.2. The van der Waals surface area contributed by atoms with Gasteiger partial charge in [0.2, 0.25) is 0 Å². The maximum atomic E-state index is 12.4. The van der Waals surface area contributed by atoms with Crippen molar-refractivity contribution in [2.45, 2.75) is 19.3 Å². The Kier molecular flexibility index (Phi) is 8.12. The van der Waals surface area contributed by atoms with Crippen molar-refractivity contribution in [3.63, 3.8) is 0 Å². The number of halogens is 1. The fourth-order valence-corrected chi connectivity index (χ4v) is 2.61. The fourth-order valence-electron chi connectivity index (χ4n) is 2.51.